The molecule has 0 saturated carbocycles. The fourth-order valence-electron chi connectivity index (χ4n) is 1.80. The number of hydrogen-bond acceptors (Lipinski definition) is 3. The molecule has 1 saturated heterocycles. The maximum absolute atomic E-state index is 11.6. The van der Waals surface area contributed by atoms with Crippen molar-refractivity contribution in [1.29, 1.82) is 0 Å². The lowest BCUT2D eigenvalue weighted by molar-refractivity contribution is -0.129. The van der Waals surface area contributed by atoms with Crippen LogP contribution in [0.3, 0.4) is 0 Å². The van der Waals surface area contributed by atoms with Crippen molar-refractivity contribution in [1.82, 2.24) is 4.90 Å². The molecule has 0 atom stereocenters. The number of rotatable bonds is 1. The lowest BCUT2D eigenvalue weighted by atomic mass is 10.1. The lowest BCUT2D eigenvalue weighted by Crippen LogP contribution is -2.48. The number of likely N-dealkylation sites (N-methyl/N-ethyl adjacent to an activating group) is 1. The first-order valence-electron chi connectivity index (χ1n) is 5.43. The van der Waals surface area contributed by atoms with Crippen molar-refractivity contribution in [3.8, 4) is 0 Å². The van der Waals surface area contributed by atoms with Crippen molar-refractivity contribution >= 4 is 17.3 Å². The minimum Gasteiger partial charge on any atom is -0.398 e. The van der Waals surface area contributed by atoms with E-state index in [4.69, 9.17) is 5.73 Å². The largest absolute Gasteiger partial charge is 0.398 e. The van der Waals surface area contributed by atoms with Crippen molar-refractivity contribution in [2.45, 2.75) is 6.92 Å². The third-order valence-corrected chi connectivity index (χ3v) is 3.09. The number of carbonyl (C=O) groups is 1. The summed E-state index contributed by atoms with van der Waals surface area (Å²) in [6.07, 6.45) is 0. The summed E-state index contributed by atoms with van der Waals surface area (Å²) in [7, 11) is 1.84. The van der Waals surface area contributed by atoms with Gasteiger partial charge in [-0.15, -0.1) is 0 Å². The van der Waals surface area contributed by atoms with Gasteiger partial charge in [-0.2, -0.15) is 0 Å². The molecule has 0 bridgehead atoms. The molecule has 2 N–H and O–H groups in total. The highest BCUT2D eigenvalue weighted by Gasteiger charge is 2.21. The number of carbonyl (C=O) groups excluding carboxylic acids is 1. The molecule has 1 aromatic rings. The molecule has 1 aliphatic rings. The zero-order valence-corrected chi connectivity index (χ0v) is 9.73. The van der Waals surface area contributed by atoms with Gasteiger partial charge in [0.1, 0.15) is 0 Å². The van der Waals surface area contributed by atoms with Gasteiger partial charge in [-0.05, 0) is 24.6 Å². The zero-order chi connectivity index (χ0) is 11.7. The second-order valence-electron chi connectivity index (χ2n) is 4.28. The molecule has 0 aromatic heterocycles. The maximum Gasteiger partial charge on any atom is 0.241 e. The van der Waals surface area contributed by atoms with Crippen molar-refractivity contribution in [3.05, 3.63) is 23.8 Å². The fraction of sp³-hybridized carbons (Fsp3) is 0.417. The van der Waals surface area contributed by atoms with Crippen LogP contribution in [0.1, 0.15) is 5.56 Å². The standard InChI is InChI=1S/C12H17N3O/c1-9-3-4-10(7-11(9)13)15-6-5-14(2)12(16)8-15/h3-4,7H,5-6,8,13H2,1-2H3. The first kappa shape index (κ1) is 10.8. The quantitative estimate of drug-likeness (QED) is 0.713. The third-order valence-electron chi connectivity index (χ3n) is 3.09. The Morgan fingerprint density at radius 3 is 2.69 bits per heavy atom. The molecular weight excluding hydrogens is 202 g/mol. The van der Waals surface area contributed by atoms with Gasteiger partial charge in [0.15, 0.2) is 0 Å². The monoisotopic (exact) mass is 219 g/mol. The summed E-state index contributed by atoms with van der Waals surface area (Å²) >= 11 is 0. The highest BCUT2D eigenvalue weighted by atomic mass is 16.2. The van der Waals surface area contributed by atoms with Gasteiger partial charge in [0.2, 0.25) is 5.91 Å². The number of amides is 1. The van der Waals surface area contributed by atoms with E-state index >= 15 is 0 Å². The molecular formula is C12H17N3O. The van der Waals surface area contributed by atoms with Gasteiger partial charge in [-0.1, -0.05) is 6.07 Å². The maximum atomic E-state index is 11.6. The Morgan fingerprint density at radius 2 is 2.06 bits per heavy atom. The Bertz CT molecular complexity index is 417. The second kappa shape index (κ2) is 4.04. The minimum atomic E-state index is 0.158. The van der Waals surface area contributed by atoms with Crippen molar-refractivity contribution in [3.63, 3.8) is 0 Å². The first-order valence-corrected chi connectivity index (χ1v) is 5.43. The van der Waals surface area contributed by atoms with Gasteiger partial charge in [-0.3, -0.25) is 4.79 Å². The van der Waals surface area contributed by atoms with E-state index in [0.717, 1.165) is 30.0 Å². The molecule has 4 nitrogen and oxygen atoms in total. The van der Waals surface area contributed by atoms with E-state index in [9.17, 15) is 4.79 Å². The summed E-state index contributed by atoms with van der Waals surface area (Å²) in [6, 6.07) is 5.95. The second-order valence-corrected chi connectivity index (χ2v) is 4.28. The van der Waals surface area contributed by atoms with E-state index in [0.29, 0.717) is 6.54 Å². The molecule has 86 valence electrons. The van der Waals surface area contributed by atoms with Crippen LogP contribution in [0.5, 0.6) is 0 Å². The van der Waals surface area contributed by atoms with E-state index in [1.165, 1.54) is 0 Å². The van der Waals surface area contributed by atoms with Crippen LogP contribution in [0.2, 0.25) is 0 Å². The zero-order valence-electron chi connectivity index (χ0n) is 9.73. The topological polar surface area (TPSA) is 49.6 Å². The van der Waals surface area contributed by atoms with E-state index in [-0.39, 0.29) is 5.91 Å². The predicted octanol–water partition coefficient (Wildman–Crippen LogP) is 0.856. The Kier molecular flexibility index (Phi) is 2.73. The molecule has 0 radical (unpaired) electrons. The van der Waals surface area contributed by atoms with Gasteiger partial charge < -0.3 is 15.5 Å². The fourth-order valence-corrected chi connectivity index (χ4v) is 1.80. The highest BCUT2D eigenvalue weighted by molar-refractivity contribution is 5.82. The highest BCUT2D eigenvalue weighted by Crippen LogP contribution is 2.21. The number of anilines is 2. The Morgan fingerprint density at radius 1 is 1.31 bits per heavy atom. The van der Waals surface area contributed by atoms with Crippen molar-refractivity contribution in [2.75, 3.05) is 37.3 Å². The summed E-state index contributed by atoms with van der Waals surface area (Å²) < 4.78 is 0. The Balaban J connectivity index is 2.18. The third kappa shape index (κ3) is 1.96. The molecule has 1 aromatic carbocycles. The summed E-state index contributed by atoms with van der Waals surface area (Å²) in [6.45, 7) is 4.06. The number of nitrogens with zero attached hydrogens (tertiary/aromatic N) is 2. The van der Waals surface area contributed by atoms with Crippen LogP contribution in [-0.2, 0) is 4.79 Å². The van der Waals surface area contributed by atoms with Crippen molar-refractivity contribution < 1.29 is 4.79 Å². The van der Waals surface area contributed by atoms with Gasteiger partial charge in [0, 0.05) is 31.5 Å². The van der Waals surface area contributed by atoms with Gasteiger partial charge in [0.05, 0.1) is 6.54 Å². The van der Waals surface area contributed by atoms with Crippen LogP contribution in [0.25, 0.3) is 0 Å². The molecule has 1 fully saturated rings. The van der Waals surface area contributed by atoms with Gasteiger partial charge >= 0.3 is 0 Å². The smallest absolute Gasteiger partial charge is 0.241 e. The number of benzene rings is 1. The molecule has 1 aliphatic heterocycles. The predicted molar refractivity (Wildman–Crippen MR) is 65.4 cm³/mol. The van der Waals surface area contributed by atoms with E-state index in [2.05, 4.69) is 4.90 Å². The average molecular weight is 219 g/mol. The number of nitrogen functional groups attached to an aromatic ring is 1. The number of aryl methyl sites for hydroxylation is 1. The molecule has 1 heterocycles. The van der Waals surface area contributed by atoms with E-state index in [1.807, 2.05) is 32.2 Å². The minimum absolute atomic E-state index is 0.158. The van der Waals surface area contributed by atoms with Gasteiger partial charge in [0.25, 0.3) is 0 Å². The summed E-state index contributed by atoms with van der Waals surface area (Å²) in [5.74, 6) is 0.158. The molecule has 0 spiro atoms. The van der Waals surface area contributed by atoms with Crippen molar-refractivity contribution in [2.24, 2.45) is 0 Å². The summed E-state index contributed by atoms with van der Waals surface area (Å²) in [5.41, 5.74) is 8.75. The molecule has 4 heteroatoms. The first-order chi connectivity index (χ1) is 7.58. The lowest BCUT2D eigenvalue weighted by Gasteiger charge is -2.33. The Labute approximate surface area is 95.6 Å². The Hall–Kier alpha value is -1.71. The van der Waals surface area contributed by atoms with Crippen LogP contribution in [-0.4, -0.2) is 37.5 Å². The van der Waals surface area contributed by atoms with Crippen LogP contribution >= 0.6 is 0 Å². The molecule has 1 amide bonds. The van der Waals surface area contributed by atoms with E-state index in [1.54, 1.807) is 4.90 Å². The van der Waals surface area contributed by atoms with Gasteiger partial charge in [-0.25, -0.2) is 0 Å². The molecule has 2 rings (SSSR count). The molecule has 0 unspecified atom stereocenters. The van der Waals surface area contributed by atoms with Crippen LogP contribution < -0.4 is 10.6 Å². The normalized spacial score (nSPS) is 16.8. The van der Waals surface area contributed by atoms with E-state index < -0.39 is 0 Å². The number of nitrogens with two attached hydrogens (primary N) is 1. The number of hydrogen-bond donors (Lipinski definition) is 1. The van der Waals surface area contributed by atoms with Crippen LogP contribution in [0.4, 0.5) is 11.4 Å². The summed E-state index contributed by atoms with van der Waals surface area (Å²) in [5, 5.41) is 0. The molecule has 16 heavy (non-hydrogen) atoms. The average Bonchev–Trinajstić information content (AvgIpc) is 2.26. The molecule has 0 aliphatic carbocycles. The SMILES string of the molecule is Cc1ccc(N2CCN(C)C(=O)C2)cc1N. The van der Waals surface area contributed by atoms with Crippen LogP contribution in [0, 0.1) is 6.92 Å². The number of piperazine rings is 1. The summed E-state index contributed by atoms with van der Waals surface area (Å²) in [4.78, 5) is 15.4. The van der Waals surface area contributed by atoms with Crippen LogP contribution in [0.15, 0.2) is 18.2 Å².